The first-order chi connectivity index (χ1) is 14.4. The number of carbonyl (C=O) groups is 4. The fourth-order valence-corrected chi connectivity index (χ4v) is 4.23. The van der Waals surface area contributed by atoms with Crippen LogP contribution in [0.2, 0.25) is 5.02 Å². The molecule has 0 saturated carbocycles. The average Bonchev–Trinajstić information content (AvgIpc) is 2.69. The number of urea groups is 1. The van der Waals surface area contributed by atoms with Crippen LogP contribution < -0.4 is 19.5 Å². The molecule has 0 aromatic heterocycles. The van der Waals surface area contributed by atoms with Crippen LogP contribution in [0.15, 0.2) is 11.0 Å². The number of hydrogen-bond donors (Lipinski definition) is 2. The van der Waals surface area contributed by atoms with Gasteiger partial charge in [0.2, 0.25) is 0 Å². The number of nitrogens with one attached hydrogen (secondary N) is 1. The number of halogens is 1. The van der Waals surface area contributed by atoms with E-state index in [4.69, 9.17) is 25.8 Å². The molecule has 2 aliphatic rings. The number of rotatable bonds is 4. The second-order valence-electron chi connectivity index (χ2n) is 6.77. The topological polar surface area (TPSA) is 166 Å². The minimum atomic E-state index is -4.72. The molecule has 3 rings (SSSR count). The number of aliphatic hydroxyl groups is 1. The number of carbonyl (C=O) groups excluding carboxylic acids is 4. The molecule has 3 bridgehead atoms. The third-order valence-electron chi connectivity index (χ3n) is 4.45. The van der Waals surface area contributed by atoms with Crippen molar-refractivity contribution < 1.29 is 46.9 Å². The average molecular weight is 477 g/mol. The van der Waals surface area contributed by atoms with Gasteiger partial charge < -0.3 is 24.6 Å². The van der Waals surface area contributed by atoms with Crippen LogP contribution in [0, 0.1) is 0 Å². The number of fused-ring (bicyclic) bond motifs is 3. The first-order valence-corrected chi connectivity index (χ1v) is 10.7. The Bertz CT molecular complexity index is 1100. The standard InChI is InChI=1S/C17H17ClN2O10S/c1-3-4-19-16(24)20(2)31(26,27)9-5-8-12(18)14-13(9)29-11(22)7-17(25,15(23)30-14)6-10(21)28-8/h5,25H,3-4,6-7H2,1-2H3,(H,19,24). The Kier molecular flexibility index (Phi) is 5.86. The normalized spacial score (nSPS) is 20.5. The van der Waals surface area contributed by atoms with Gasteiger partial charge in [-0.05, 0) is 6.42 Å². The third kappa shape index (κ3) is 4.03. The number of ether oxygens (including phenoxy) is 3. The summed E-state index contributed by atoms with van der Waals surface area (Å²) in [6.45, 7) is 1.94. The van der Waals surface area contributed by atoms with Crippen molar-refractivity contribution in [2.75, 3.05) is 13.6 Å². The summed E-state index contributed by atoms with van der Waals surface area (Å²) in [7, 11) is -3.77. The summed E-state index contributed by atoms with van der Waals surface area (Å²) in [4.78, 5) is 48.4. The van der Waals surface area contributed by atoms with Crippen molar-refractivity contribution in [1.29, 1.82) is 0 Å². The van der Waals surface area contributed by atoms with Crippen LogP contribution >= 0.6 is 11.6 Å². The van der Waals surface area contributed by atoms with Gasteiger partial charge in [0.05, 0.1) is 12.8 Å². The predicted octanol–water partition coefficient (Wildman–Crippen LogP) is 0.335. The highest BCUT2D eigenvalue weighted by Crippen LogP contribution is 2.49. The van der Waals surface area contributed by atoms with Crippen molar-refractivity contribution in [1.82, 2.24) is 9.62 Å². The summed E-state index contributed by atoms with van der Waals surface area (Å²) >= 11 is 6.09. The van der Waals surface area contributed by atoms with Gasteiger partial charge in [-0.2, -0.15) is 0 Å². The van der Waals surface area contributed by atoms with E-state index in [9.17, 15) is 32.7 Å². The second-order valence-corrected chi connectivity index (χ2v) is 9.09. The fourth-order valence-electron chi connectivity index (χ4n) is 2.81. The molecule has 2 N–H and O–H groups in total. The van der Waals surface area contributed by atoms with Crippen LogP contribution in [0.3, 0.4) is 0 Å². The van der Waals surface area contributed by atoms with E-state index in [1.807, 2.05) is 0 Å². The molecule has 2 amide bonds. The molecule has 0 saturated heterocycles. The molecular weight excluding hydrogens is 460 g/mol. The number of sulfonamides is 1. The Labute approximate surface area is 181 Å². The molecule has 1 unspecified atom stereocenters. The van der Waals surface area contributed by atoms with E-state index in [1.165, 1.54) is 0 Å². The van der Waals surface area contributed by atoms with Gasteiger partial charge in [0.1, 0.15) is 9.92 Å². The SMILES string of the molecule is CCCNC(=O)N(C)S(=O)(=O)c1cc2c(Cl)c3c1OC(=O)CC(O)(CC(=O)O2)C(=O)O3. The number of esters is 3. The zero-order valence-corrected chi connectivity index (χ0v) is 17.8. The molecule has 1 aromatic rings. The Balaban J connectivity index is 2.25. The first kappa shape index (κ1) is 22.8. The molecule has 168 valence electrons. The van der Waals surface area contributed by atoms with E-state index in [2.05, 4.69) is 5.32 Å². The lowest BCUT2D eigenvalue weighted by Crippen LogP contribution is -2.47. The van der Waals surface area contributed by atoms with Crippen LogP contribution in [0.25, 0.3) is 0 Å². The summed E-state index contributed by atoms with van der Waals surface area (Å²) in [5.74, 6) is -5.95. The quantitative estimate of drug-likeness (QED) is 0.456. The molecule has 0 aliphatic carbocycles. The van der Waals surface area contributed by atoms with Crippen LogP contribution in [-0.2, 0) is 24.4 Å². The summed E-state index contributed by atoms with van der Waals surface area (Å²) in [5.41, 5.74) is -2.61. The van der Waals surface area contributed by atoms with Crippen molar-refractivity contribution in [3.8, 4) is 17.2 Å². The number of nitrogens with zero attached hydrogens (tertiary/aromatic N) is 1. The maximum absolute atomic E-state index is 13.1. The molecule has 1 aromatic carbocycles. The number of amides is 2. The van der Waals surface area contributed by atoms with Crippen LogP contribution in [-0.4, -0.2) is 61.0 Å². The van der Waals surface area contributed by atoms with Gasteiger partial charge in [-0.25, -0.2) is 22.3 Å². The van der Waals surface area contributed by atoms with E-state index in [-0.39, 0.29) is 6.54 Å². The molecular formula is C17H17ClN2O10S. The zero-order valence-electron chi connectivity index (χ0n) is 16.3. The van der Waals surface area contributed by atoms with E-state index >= 15 is 0 Å². The molecule has 0 radical (unpaired) electrons. The van der Waals surface area contributed by atoms with Crippen LogP contribution in [0.4, 0.5) is 4.79 Å². The predicted molar refractivity (Wildman–Crippen MR) is 101 cm³/mol. The molecule has 1 atom stereocenters. The van der Waals surface area contributed by atoms with Gasteiger partial charge in [0.25, 0.3) is 10.0 Å². The van der Waals surface area contributed by atoms with E-state index in [0.29, 0.717) is 10.7 Å². The van der Waals surface area contributed by atoms with Crippen molar-refractivity contribution in [2.45, 2.75) is 36.7 Å². The molecule has 0 spiro atoms. The lowest BCUT2D eigenvalue weighted by Gasteiger charge is -2.27. The number of hydrogen-bond acceptors (Lipinski definition) is 10. The molecule has 12 nitrogen and oxygen atoms in total. The van der Waals surface area contributed by atoms with E-state index in [1.54, 1.807) is 6.92 Å². The summed E-state index contributed by atoms with van der Waals surface area (Å²) in [6, 6.07) is -0.230. The fraction of sp³-hybridized carbons (Fsp3) is 0.412. The minimum absolute atomic E-state index is 0.186. The highest BCUT2D eigenvalue weighted by Gasteiger charge is 2.48. The smallest absolute Gasteiger partial charge is 0.344 e. The molecule has 0 fully saturated rings. The van der Waals surface area contributed by atoms with Gasteiger partial charge >= 0.3 is 23.9 Å². The highest BCUT2D eigenvalue weighted by atomic mass is 35.5. The summed E-state index contributed by atoms with van der Waals surface area (Å²) in [5, 5.41) is 12.3. The van der Waals surface area contributed by atoms with Gasteiger partial charge in [-0.1, -0.05) is 18.5 Å². The Morgan fingerprint density at radius 2 is 1.81 bits per heavy atom. The van der Waals surface area contributed by atoms with Crippen LogP contribution in [0.5, 0.6) is 17.2 Å². The van der Waals surface area contributed by atoms with Gasteiger partial charge in [-0.3, -0.25) is 9.59 Å². The maximum atomic E-state index is 13.1. The molecule has 31 heavy (non-hydrogen) atoms. The Morgan fingerprint density at radius 3 is 2.42 bits per heavy atom. The largest absolute Gasteiger partial charge is 0.425 e. The minimum Gasteiger partial charge on any atom is -0.425 e. The third-order valence-corrected chi connectivity index (χ3v) is 6.55. The van der Waals surface area contributed by atoms with Crippen molar-refractivity contribution in [3.05, 3.63) is 11.1 Å². The van der Waals surface area contributed by atoms with Gasteiger partial charge in [-0.15, -0.1) is 0 Å². The van der Waals surface area contributed by atoms with Gasteiger partial charge in [0.15, 0.2) is 22.8 Å². The van der Waals surface area contributed by atoms with Crippen molar-refractivity contribution in [3.63, 3.8) is 0 Å². The zero-order chi connectivity index (χ0) is 23.1. The van der Waals surface area contributed by atoms with Gasteiger partial charge in [0, 0.05) is 19.7 Å². The number of benzene rings is 1. The molecule has 2 heterocycles. The Hall–Kier alpha value is -2.90. The maximum Gasteiger partial charge on any atom is 0.344 e. The van der Waals surface area contributed by atoms with Crippen LogP contribution in [0.1, 0.15) is 26.2 Å². The van der Waals surface area contributed by atoms with E-state index in [0.717, 1.165) is 13.1 Å². The summed E-state index contributed by atoms with van der Waals surface area (Å²) in [6.07, 6.45) is -1.47. The summed E-state index contributed by atoms with van der Waals surface area (Å²) < 4.78 is 41.6. The molecule has 2 aliphatic heterocycles. The highest BCUT2D eigenvalue weighted by molar-refractivity contribution is 7.89. The van der Waals surface area contributed by atoms with Crippen molar-refractivity contribution in [2.24, 2.45) is 0 Å². The monoisotopic (exact) mass is 476 g/mol. The second kappa shape index (κ2) is 7.98. The van der Waals surface area contributed by atoms with E-state index < -0.39 is 79.6 Å². The van der Waals surface area contributed by atoms with Crippen molar-refractivity contribution >= 4 is 45.6 Å². The molecule has 14 heteroatoms. The first-order valence-electron chi connectivity index (χ1n) is 8.90. The lowest BCUT2D eigenvalue weighted by molar-refractivity contribution is -0.168. The Morgan fingerprint density at radius 1 is 1.19 bits per heavy atom. The lowest BCUT2D eigenvalue weighted by atomic mass is 9.95.